The van der Waals surface area contributed by atoms with Crippen LogP contribution in [0.25, 0.3) is 0 Å². The van der Waals surface area contributed by atoms with Crippen LogP contribution in [0.1, 0.15) is 37.8 Å². The average molecular weight is 612 g/mol. The zero-order chi connectivity index (χ0) is 31.6. The topological polar surface area (TPSA) is 114 Å². The molecule has 3 rings (SSSR count). The summed E-state index contributed by atoms with van der Waals surface area (Å²) in [5.74, 6) is 0.519. The molecule has 0 saturated carbocycles. The van der Waals surface area contributed by atoms with E-state index in [9.17, 15) is 18.0 Å². The Morgan fingerprint density at radius 3 is 2.07 bits per heavy atom. The Morgan fingerprint density at radius 2 is 1.51 bits per heavy atom. The van der Waals surface area contributed by atoms with Crippen LogP contribution in [0.3, 0.4) is 0 Å². The molecule has 1 unspecified atom stereocenters. The maximum absolute atomic E-state index is 14.2. The second kappa shape index (κ2) is 15.3. The van der Waals surface area contributed by atoms with Crippen LogP contribution in [0.15, 0.2) is 71.6 Å². The van der Waals surface area contributed by atoms with Gasteiger partial charge in [-0.2, -0.15) is 0 Å². The largest absolute Gasteiger partial charge is 0.497 e. The quantitative estimate of drug-likeness (QED) is 0.268. The van der Waals surface area contributed by atoms with Crippen LogP contribution in [0, 0.1) is 6.92 Å². The van der Waals surface area contributed by atoms with Crippen LogP contribution < -0.4 is 23.8 Å². The SMILES string of the molecule is CCCNC(=O)C(CC)N(Cc1ccc(OC)cc1)C(=O)CN(c1ccc(OC)c(OC)c1)S(=O)(=O)c1ccc(C)cc1. The Morgan fingerprint density at radius 1 is 0.860 bits per heavy atom. The van der Waals surface area contributed by atoms with Gasteiger partial charge in [0.25, 0.3) is 10.0 Å². The zero-order valence-corrected chi connectivity index (χ0v) is 26.4. The number of nitrogens with zero attached hydrogens (tertiary/aromatic N) is 2. The predicted molar refractivity (Wildman–Crippen MR) is 166 cm³/mol. The van der Waals surface area contributed by atoms with Crippen LogP contribution >= 0.6 is 0 Å². The summed E-state index contributed by atoms with van der Waals surface area (Å²) < 4.78 is 45.3. The summed E-state index contributed by atoms with van der Waals surface area (Å²) in [6.07, 6.45) is 1.06. The molecule has 0 aliphatic rings. The minimum Gasteiger partial charge on any atom is -0.497 e. The lowest BCUT2D eigenvalue weighted by molar-refractivity contribution is -0.140. The number of hydrogen-bond acceptors (Lipinski definition) is 7. The van der Waals surface area contributed by atoms with E-state index in [4.69, 9.17) is 14.2 Å². The molecule has 3 aromatic carbocycles. The summed E-state index contributed by atoms with van der Waals surface area (Å²) in [5.41, 5.74) is 1.86. The molecule has 0 aliphatic carbocycles. The fraction of sp³-hybridized carbons (Fsp3) is 0.375. The highest BCUT2D eigenvalue weighted by Crippen LogP contribution is 2.34. The molecular weight excluding hydrogens is 570 g/mol. The third-order valence-corrected chi connectivity index (χ3v) is 8.78. The summed E-state index contributed by atoms with van der Waals surface area (Å²) in [6.45, 7) is 5.61. The van der Waals surface area contributed by atoms with E-state index in [0.717, 1.165) is 21.9 Å². The van der Waals surface area contributed by atoms with Gasteiger partial charge in [-0.05, 0) is 61.7 Å². The highest BCUT2D eigenvalue weighted by molar-refractivity contribution is 7.92. The van der Waals surface area contributed by atoms with Gasteiger partial charge in [-0.1, -0.05) is 43.7 Å². The lowest BCUT2D eigenvalue weighted by Gasteiger charge is -2.33. The van der Waals surface area contributed by atoms with E-state index in [1.807, 2.05) is 32.9 Å². The summed E-state index contributed by atoms with van der Waals surface area (Å²) in [7, 11) is 0.269. The molecule has 0 heterocycles. The lowest BCUT2D eigenvalue weighted by atomic mass is 10.1. The van der Waals surface area contributed by atoms with Gasteiger partial charge in [-0.15, -0.1) is 0 Å². The Labute approximate surface area is 254 Å². The number of rotatable bonds is 15. The highest BCUT2D eigenvalue weighted by Gasteiger charge is 2.34. The molecule has 1 N–H and O–H groups in total. The Hall–Kier alpha value is -4.25. The van der Waals surface area contributed by atoms with Crippen molar-refractivity contribution < 1.29 is 32.2 Å². The van der Waals surface area contributed by atoms with Crippen molar-refractivity contribution in [3.8, 4) is 17.2 Å². The van der Waals surface area contributed by atoms with E-state index in [0.29, 0.717) is 30.2 Å². The van der Waals surface area contributed by atoms with Crippen LogP contribution in [0.5, 0.6) is 17.2 Å². The van der Waals surface area contributed by atoms with Crippen LogP contribution in [-0.4, -0.2) is 65.6 Å². The molecule has 0 aliphatic heterocycles. The minimum absolute atomic E-state index is 0.0233. The lowest BCUT2D eigenvalue weighted by Crippen LogP contribution is -2.52. The Balaban J connectivity index is 2.10. The molecule has 232 valence electrons. The molecule has 11 heteroatoms. The number of methoxy groups -OCH3 is 3. The Bertz CT molecular complexity index is 1480. The number of carbonyl (C=O) groups excluding carboxylic acids is 2. The number of amides is 2. The maximum atomic E-state index is 14.2. The van der Waals surface area contributed by atoms with Crippen LogP contribution in [-0.2, 0) is 26.2 Å². The van der Waals surface area contributed by atoms with E-state index < -0.39 is 28.5 Å². The molecule has 0 aromatic heterocycles. The third kappa shape index (κ3) is 8.19. The molecule has 0 spiro atoms. The maximum Gasteiger partial charge on any atom is 0.264 e. The molecule has 0 radical (unpaired) electrons. The van der Waals surface area contributed by atoms with Gasteiger partial charge in [0.1, 0.15) is 18.3 Å². The fourth-order valence-corrected chi connectivity index (χ4v) is 5.97. The zero-order valence-electron chi connectivity index (χ0n) is 25.6. The van der Waals surface area contributed by atoms with E-state index in [1.165, 1.54) is 37.3 Å². The van der Waals surface area contributed by atoms with Crippen molar-refractivity contribution in [3.05, 3.63) is 77.9 Å². The van der Waals surface area contributed by atoms with Crippen LogP contribution in [0.4, 0.5) is 5.69 Å². The van der Waals surface area contributed by atoms with Crippen molar-refractivity contribution in [2.45, 2.75) is 51.1 Å². The molecule has 1 atom stereocenters. The molecular formula is C32H41N3O7S. The average Bonchev–Trinajstić information content (AvgIpc) is 3.02. The number of hydrogen-bond donors (Lipinski definition) is 1. The summed E-state index contributed by atoms with van der Waals surface area (Å²) in [4.78, 5) is 28.9. The number of nitrogens with one attached hydrogen (secondary N) is 1. The van der Waals surface area contributed by atoms with Crippen molar-refractivity contribution in [2.75, 3.05) is 38.7 Å². The molecule has 0 saturated heterocycles. The first-order valence-electron chi connectivity index (χ1n) is 14.1. The Kier molecular flexibility index (Phi) is 11.8. The van der Waals surface area contributed by atoms with Crippen molar-refractivity contribution in [2.24, 2.45) is 0 Å². The number of carbonyl (C=O) groups is 2. The standard InChI is InChI=1S/C32H41N3O7S/c1-7-19-33-32(37)28(8-2)34(21-24-11-14-26(40-4)15-12-24)31(36)22-35(25-13-18-29(41-5)30(20-25)42-6)43(38,39)27-16-9-23(3)10-17-27/h9-18,20,28H,7-8,19,21-22H2,1-6H3,(H,33,37). The van der Waals surface area contributed by atoms with Crippen molar-refractivity contribution in [1.82, 2.24) is 10.2 Å². The highest BCUT2D eigenvalue weighted by atomic mass is 32.2. The van der Waals surface area contributed by atoms with Gasteiger partial charge < -0.3 is 24.4 Å². The molecule has 3 aromatic rings. The van der Waals surface area contributed by atoms with Gasteiger partial charge in [0, 0.05) is 19.2 Å². The second-order valence-corrected chi connectivity index (χ2v) is 11.8. The smallest absolute Gasteiger partial charge is 0.264 e. The number of anilines is 1. The monoisotopic (exact) mass is 611 g/mol. The van der Waals surface area contributed by atoms with Crippen molar-refractivity contribution in [3.63, 3.8) is 0 Å². The fourth-order valence-electron chi connectivity index (χ4n) is 4.56. The number of ether oxygens (including phenoxy) is 3. The van der Waals surface area contributed by atoms with E-state index in [1.54, 1.807) is 43.5 Å². The van der Waals surface area contributed by atoms with Gasteiger partial charge in [0.05, 0.1) is 31.9 Å². The van der Waals surface area contributed by atoms with Crippen molar-refractivity contribution >= 4 is 27.5 Å². The summed E-state index contributed by atoms with van der Waals surface area (Å²) >= 11 is 0. The summed E-state index contributed by atoms with van der Waals surface area (Å²) in [6, 6.07) is 17.4. The van der Waals surface area contributed by atoms with Gasteiger partial charge >= 0.3 is 0 Å². The first kappa shape index (κ1) is 33.3. The van der Waals surface area contributed by atoms with Gasteiger partial charge in [0.15, 0.2) is 11.5 Å². The molecule has 2 amide bonds. The molecule has 0 bridgehead atoms. The molecule has 0 fully saturated rings. The normalized spacial score (nSPS) is 11.8. The number of aryl methyl sites for hydroxylation is 1. The van der Waals surface area contributed by atoms with E-state index in [-0.39, 0.29) is 23.0 Å². The molecule has 10 nitrogen and oxygen atoms in total. The predicted octanol–water partition coefficient (Wildman–Crippen LogP) is 4.55. The van der Waals surface area contributed by atoms with E-state index in [2.05, 4.69) is 5.32 Å². The van der Waals surface area contributed by atoms with Gasteiger partial charge in [-0.3, -0.25) is 13.9 Å². The minimum atomic E-state index is -4.22. The first-order chi connectivity index (χ1) is 20.6. The number of sulfonamides is 1. The van der Waals surface area contributed by atoms with Crippen molar-refractivity contribution in [1.29, 1.82) is 0 Å². The second-order valence-electron chi connectivity index (χ2n) is 9.95. The van der Waals surface area contributed by atoms with E-state index >= 15 is 0 Å². The molecule has 43 heavy (non-hydrogen) atoms. The number of benzene rings is 3. The van der Waals surface area contributed by atoms with Gasteiger partial charge in [-0.25, -0.2) is 8.42 Å². The third-order valence-electron chi connectivity index (χ3n) is 6.99. The first-order valence-corrected chi connectivity index (χ1v) is 15.5. The van der Waals surface area contributed by atoms with Gasteiger partial charge in [0.2, 0.25) is 11.8 Å². The van der Waals surface area contributed by atoms with Crippen LogP contribution in [0.2, 0.25) is 0 Å². The summed E-state index contributed by atoms with van der Waals surface area (Å²) in [5, 5.41) is 2.88.